The summed E-state index contributed by atoms with van der Waals surface area (Å²) in [4.78, 5) is 4.75. The van der Waals surface area contributed by atoms with Gasteiger partial charge in [-0.15, -0.1) is 11.3 Å². The molecule has 1 aromatic rings. The Bertz CT molecular complexity index is 222. The van der Waals surface area contributed by atoms with E-state index in [9.17, 15) is 0 Å². The summed E-state index contributed by atoms with van der Waals surface area (Å²) in [5.41, 5.74) is 6.51. The number of halogens is 1. The standard InChI is InChI=1S/C7H11BrN2S/c1-5(8)7-10-6(2-3-9)4-11-7/h4-5H,2-3,9H2,1H3. The molecule has 2 N–H and O–H groups in total. The maximum Gasteiger partial charge on any atom is 0.106 e. The van der Waals surface area contributed by atoms with Gasteiger partial charge in [0.05, 0.1) is 10.5 Å². The smallest absolute Gasteiger partial charge is 0.106 e. The van der Waals surface area contributed by atoms with Gasteiger partial charge in [0.1, 0.15) is 5.01 Å². The van der Waals surface area contributed by atoms with Crippen LogP contribution in [0.4, 0.5) is 0 Å². The molecule has 0 bridgehead atoms. The fourth-order valence-electron chi connectivity index (χ4n) is 0.768. The topological polar surface area (TPSA) is 38.9 Å². The van der Waals surface area contributed by atoms with Crippen LogP contribution in [-0.4, -0.2) is 11.5 Å². The highest BCUT2D eigenvalue weighted by molar-refractivity contribution is 9.09. The van der Waals surface area contributed by atoms with Crippen LogP contribution in [0.5, 0.6) is 0 Å². The first-order chi connectivity index (χ1) is 5.24. The van der Waals surface area contributed by atoms with Crippen LogP contribution in [0.25, 0.3) is 0 Å². The molecule has 2 nitrogen and oxygen atoms in total. The second-order valence-corrected chi connectivity index (χ2v) is 4.59. The summed E-state index contributed by atoms with van der Waals surface area (Å²) in [6.45, 7) is 2.75. The molecule has 11 heavy (non-hydrogen) atoms. The largest absolute Gasteiger partial charge is 0.330 e. The number of nitrogens with two attached hydrogens (primary N) is 1. The summed E-state index contributed by atoms with van der Waals surface area (Å²) in [5, 5.41) is 3.20. The lowest BCUT2D eigenvalue weighted by atomic mass is 10.3. The van der Waals surface area contributed by atoms with E-state index in [1.54, 1.807) is 11.3 Å². The molecule has 1 aromatic heterocycles. The lowest BCUT2D eigenvalue weighted by Gasteiger charge is -1.94. The molecular formula is C7H11BrN2S. The number of alkyl halides is 1. The highest BCUT2D eigenvalue weighted by Crippen LogP contribution is 2.24. The van der Waals surface area contributed by atoms with Crippen molar-refractivity contribution in [2.24, 2.45) is 5.73 Å². The number of aromatic nitrogens is 1. The average molecular weight is 235 g/mol. The SMILES string of the molecule is CC(Br)c1nc(CCN)cs1. The van der Waals surface area contributed by atoms with Crippen molar-refractivity contribution in [3.63, 3.8) is 0 Å². The molecule has 0 saturated heterocycles. The van der Waals surface area contributed by atoms with Crippen LogP contribution in [0, 0.1) is 0 Å². The van der Waals surface area contributed by atoms with Gasteiger partial charge in [-0.2, -0.15) is 0 Å². The Labute approximate surface area is 79.0 Å². The maximum atomic E-state index is 5.40. The van der Waals surface area contributed by atoms with Crippen LogP contribution in [-0.2, 0) is 6.42 Å². The zero-order valence-electron chi connectivity index (χ0n) is 6.38. The van der Waals surface area contributed by atoms with Crippen molar-refractivity contribution in [3.8, 4) is 0 Å². The van der Waals surface area contributed by atoms with Crippen LogP contribution in [0.2, 0.25) is 0 Å². The van der Waals surface area contributed by atoms with Crippen molar-refractivity contribution >= 4 is 27.3 Å². The molecule has 0 saturated carbocycles. The lowest BCUT2D eigenvalue weighted by Crippen LogP contribution is -2.02. The van der Waals surface area contributed by atoms with E-state index in [2.05, 4.69) is 33.2 Å². The molecule has 0 aliphatic heterocycles. The summed E-state index contributed by atoms with van der Waals surface area (Å²) in [6, 6.07) is 0. The Morgan fingerprint density at radius 3 is 3.00 bits per heavy atom. The number of hydrogen-bond donors (Lipinski definition) is 1. The fraction of sp³-hybridized carbons (Fsp3) is 0.571. The minimum atomic E-state index is 0.360. The van der Waals surface area contributed by atoms with Gasteiger partial charge in [-0.25, -0.2) is 4.98 Å². The van der Waals surface area contributed by atoms with Gasteiger partial charge in [0.25, 0.3) is 0 Å². The Kier molecular flexibility index (Phi) is 3.48. The third kappa shape index (κ3) is 2.54. The molecule has 62 valence electrons. The van der Waals surface area contributed by atoms with E-state index in [4.69, 9.17) is 5.73 Å². The van der Waals surface area contributed by atoms with E-state index in [-0.39, 0.29) is 0 Å². The van der Waals surface area contributed by atoms with E-state index in [1.807, 2.05) is 0 Å². The van der Waals surface area contributed by atoms with Gasteiger partial charge in [-0.1, -0.05) is 15.9 Å². The van der Waals surface area contributed by atoms with Gasteiger partial charge < -0.3 is 5.73 Å². The second kappa shape index (κ2) is 4.18. The minimum absolute atomic E-state index is 0.360. The summed E-state index contributed by atoms with van der Waals surface area (Å²) >= 11 is 5.15. The minimum Gasteiger partial charge on any atom is -0.330 e. The Balaban J connectivity index is 2.66. The van der Waals surface area contributed by atoms with Crippen molar-refractivity contribution in [2.45, 2.75) is 18.2 Å². The number of hydrogen-bond acceptors (Lipinski definition) is 3. The van der Waals surface area contributed by atoms with Crippen LogP contribution in [0.3, 0.4) is 0 Å². The third-order valence-corrected chi connectivity index (χ3v) is 3.12. The van der Waals surface area contributed by atoms with E-state index in [0.717, 1.165) is 17.1 Å². The number of nitrogens with zero attached hydrogens (tertiary/aromatic N) is 1. The predicted octanol–water partition coefficient (Wildman–Crippen LogP) is 2.10. The Morgan fingerprint density at radius 2 is 2.55 bits per heavy atom. The monoisotopic (exact) mass is 234 g/mol. The van der Waals surface area contributed by atoms with E-state index in [1.165, 1.54) is 0 Å². The molecule has 0 fully saturated rings. The van der Waals surface area contributed by atoms with Gasteiger partial charge in [0, 0.05) is 11.8 Å². The molecule has 0 aliphatic rings. The van der Waals surface area contributed by atoms with Crippen LogP contribution in [0.1, 0.15) is 22.5 Å². The highest BCUT2D eigenvalue weighted by atomic mass is 79.9. The van der Waals surface area contributed by atoms with Gasteiger partial charge in [0.15, 0.2) is 0 Å². The van der Waals surface area contributed by atoms with E-state index < -0.39 is 0 Å². The fourth-order valence-corrected chi connectivity index (χ4v) is 1.98. The molecule has 0 aromatic carbocycles. The predicted molar refractivity (Wildman–Crippen MR) is 52.2 cm³/mol. The second-order valence-electron chi connectivity index (χ2n) is 2.33. The summed E-state index contributed by atoms with van der Waals surface area (Å²) in [6.07, 6.45) is 0.885. The van der Waals surface area contributed by atoms with Gasteiger partial charge in [0.2, 0.25) is 0 Å². The van der Waals surface area contributed by atoms with Gasteiger partial charge >= 0.3 is 0 Å². The molecule has 0 spiro atoms. The first-order valence-corrected chi connectivity index (χ1v) is 5.32. The van der Waals surface area contributed by atoms with Crippen molar-refractivity contribution in [3.05, 3.63) is 16.1 Å². The summed E-state index contributed by atoms with van der Waals surface area (Å²) in [7, 11) is 0. The maximum absolute atomic E-state index is 5.40. The van der Waals surface area contributed by atoms with Crippen LogP contribution < -0.4 is 5.73 Å². The zero-order valence-corrected chi connectivity index (χ0v) is 8.78. The molecule has 1 unspecified atom stereocenters. The van der Waals surface area contributed by atoms with Crippen molar-refractivity contribution in [1.29, 1.82) is 0 Å². The number of rotatable bonds is 3. The van der Waals surface area contributed by atoms with E-state index >= 15 is 0 Å². The first kappa shape index (κ1) is 9.16. The lowest BCUT2D eigenvalue weighted by molar-refractivity contribution is 0.917. The van der Waals surface area contributed by atoms with Crippen molar-refractivity contribution in [2.75, 3.05) is 6.54 Å². The van der Waals surface area contributed by atoms with Crippen LogP contribution in [0.15, 0.2) is 5.38 Å². The normalized spacial score (nSPS) is 13.4. The Hall–Kier alpha value is 0.0700. The molecule has 1 heterocycles. The average Bonchev–Trinajstić information content (AvgIpc) is 2.37. The molecule has 4 heteroatoms. The zero-order chi connectivity index (χ0) is 8.27. The molecule has 1 atom stereocenters. The molecule has 0 aliphatic carbocycles. The molecule has 0 amide bonds. The van der Waals surface area contributed by atoms with Gasteiger partial charge in [-0.05, 0) is 13.5 Å². The van der Waals surface area contributed by atoms with Crippen molar-refractivity contribution in [1.82, 2.24) is 4.98 Å². The van der Waals surface area contributed by atoms with Crippen molar-refractivity contribution < 1.29 is 0 Å². The molecule has 1 rings (SSSR count). The quantitative estimate of drug-likeness (QED) is 0.815. The summed E-state index contributed by atoms with van der Waals surface area (Å²) in [5.74, 6) is 0. The Morgan fingerprint density at radius 1 is 1.82 bits per heavy atom. The molecule has 0 radical (unpaired) electrons. The summed E-state index contributed by atoms with van der Waals surface area (Å²) < 4.78 is 0. The number of thiazole rings is 1. The van der Waals surface area contributed by atoms with Crippen LogP contribution >= 0.6 is 27.3 Å². The third-order valence-electron chi connectivity index (χ3n) is 1.31. The molecular weight excluding hydrogens is 224 g/mol. The van der Waals surface area contributed by atoms with Gasteiger partial charge in [-0.3, -0.25) is 0 Å². The first-order valence-electron chi connectivity index (χ1n) is 3.52. The van der Waals surface area contributed by atoms with E-state index in [0.29, 0.717) is 11.4 Å². The highest BCUT2D eigenvalue weighted by Gasteiger charge is 2.05.